The summed E-state index contributed by atoms with van der Waals surface area (Å²) in [5.74, 6) is -1.66. The lowest BCUT2D eigenvalue weighted by Gasteiger charge is -2.27. The Labute approximate surface area is 135 Å². The molecule has 0 spiro atoms. The average Bonchev–Trinajstić information content (AvgIpc) is 2.54. The van der Waals surface area contributed by atoms with Gasteiger partial charge in [-0.3, -0.25) is 14.4 Å². The van der Waals surface area contributed by atoms with Crippen LogP contribution in [-0.2, 0) is 9.59 Å². The number of hydrogen-bond acceptors (Lipinski definition) is 3. The summed E-state index contributed by atoms with van der Waals surface area (Å²) in [5.41, 5.74) is 1.28. The zero-order valence-electron chi connectivity index (χ0n) is 13.5. The lowest BCUT2D eigenvalue weighted by molar-refractivity contribution is -0.141. The molecule has 0 saturated carbocycles. The van der Waals surface area contributed by atoms with Gasteiger partial charge in [0, 0.05) is 37.8 Å². The van der Waals surface area contributed by atoms with Gasteiger partial charge in [0.15, 0.2) is 0 Å². The van der Waals surface area contributed by atoms with Gasteiger partial charge < -0.3 is 14.9 Å². The van der Waals surface area contributed by atoms with Gasteiger partial charge in [0.05, 0.1) is 5.92 Å². The van der Waals surface area contributed by atoms with Crippen LogP contribution in [0.1, 0.15) is 36.5 Å². The summed E-state index contributed by atoms with van der Waals surface area (Å²) in [7, 11) is 1.59. The van der Waals surface area contributed by atoms with Crippen LogP contribution in [0, 0.1) is 5.92 Å². The molecule has 0 radical (unpaired) electrons. The Bertz CT molecular complexity index is 597. The molecule has 124 valence electrons. The molecule has 0 aromatic heterocycles. The number of aliphatic carboxylic acids is 1. The lowest BCUT2D eigenvalue weighted by atomic mass is 10.1. The molecule has 1 aromatic rings. The van der Waals surface area contributed by atoms with Crippen LogP contribution in [-0.4, -0.2) is 47.9 Å². The second kappa shape index (κ2) is 7.26. The van der Waals surface area contributed by atoms with Crippen molar-refractivity contribution < 1.29 is 19.5 Å². The highest BCUT2D eigenvalue weighted by Gasteiger charge is 2.21. The van der Waals surface area contributed by atoms with Crippen LogP contribution >= 0.6 is 0 Å². The molecular weight excluding hydrogens is 296 g/mol. The Kier molecular flexibility index (Phi) is 5.36. The first-order valence-corrected chi connectivity index (χ1v) is 7.79. The van der Waals surface area contributed by atoms with Gasteiger partial charge in [-0.25, -0.2) is 0 Å². The summed E-state index contributed by atoms with van der Waals surface area (Å²) in [6, 6.07) is 6.90. The van der Waals surface area contributed by atoms with E-state index in [1.165, 1.54) is 4.90 Å². The zero-order valence-corrected chi connectivity index (χ0v) is 13.5. The van der Waals surface area contributed by atoms with Gasteiger partial charge in [-0.1, -0.05) is 6.92 Å². The molecule has 1 N–H and O–H groups in total. The van der Waals surface area contributed by atoms with Gasteiger partial charge >= 0.3 is 5.97 Å². The molecule has 1 aromatic carbocycles. The molecule has 0 aliphatic carbocycles. The second-order valence-electron chi connectivity index (χ2n) is 5.97. The van der Waals surface area contributed by atoms with Crippen molar-refractivity contribution >= 4 is 23.5 Å². The van der Waals surface area contributed by atoms with Crippen molar-refractivity contribution in [2.45, 2.75) is 26.2 Å². The number of carboxylic acid groups (broad SMARTS) is 1. The van der Waals surface area contributed by atoms with Gasteiger partial charge in [0.1, 0.15) is 0 Å². The third-order valence-electron chi connectivity index (χ3n) is 4.07. The van der Waals surface area contributed by atoms with Crippen molar-refractivity contribution in [3.63, 3.8) is 0 Å². The van der Waals surface area contributed by atoms with Crippen molar-refractivity contribution in [3.05, 3.63) is 29.8 Å². The monoisotopic (exact) mass is 318 g/mol. The maximum atomic E-state index is 12.3. The fourth-order valence-corrected chi connectivity index (χ4v) is 2.66. The van der Waals surface area contributed by atoms with E-state index in [9.17, 15) is 14.4 Å². The van der Waals surface area contributed by atoms with E-state index < -0.39 is 11.9 Å². The number of benzene rings is 1. The van der Waals surface area contributed by atoms with Crippen LogP contribution in [0.25, 0.3) is 0 Å². The maximum Gasteiger partial charge on any atom is 0.308 e. The molecule has 1 saturated heterocycles. The first-order chi connectivity index (χ1) is 10.9. The number of nitrogens with zero attached hydrogens (tertiary/aromatic N) is 2. The van der Waals surface area contributed by atoms with Crippen LogP contribution in [0.2, 0.25) is 0 Å². The van der Waals surface area contributed by atoms with Crippen molar-refractivity contribution in [1.82, 2.24) is 4.90 Å². The number of hydrogen-bond donors (Lipinski definition) is 1. The van der Waals surface area contributed by atoms with Crippen LogP contribution in [0.5, 0.6) is 0 Å². The van der Waals surface area contributed by atoms with E-state index in [-0.39, 0.29) is 18.4 Å². The topological polar surface area (TPSA) is 77.9 Å². The predicted octanol–water partition coefficient (Wildman–Crippen LogP) is 2.00. The highest BCUT2D eigenvalue weighted by Crippen LogP contribution is 2.21. The third kappa shape index (κ3) is 4.09. The van der Waals surface area contributed by atoms with E-state index in [0.29, 0.717) is 18.5 Å². The van der Waals surface area contributed by atoms with Gasteiger partial charge in [-0.15, -0.1) is 0 Å². The molecule has 1 aliphatic heterocycles. The molecule has 1 heterocycles. The van der Waals surface area contributed by atoms with Gasteiger partial charge in [0.25, 0.3) is 5.91 Å². The van der Waals surface area contributed by atoms with E-state index in [2.05, 4.69) is 0 Å². The fraction of sp³-hybridized carbons (Fsp3) is 0.471. The molecule has 2 amide bonds. The molecule has 23 heavy (non-hydrogen) atoms. The minimum absolute atomic E-state index is 0.114. The number of rotatable bonds is 5. The summed E-state index contributed by atoms with van der Waals surface area (Å²) >= 11 is 0. The van der Waals surface area contributed by atoms with Gasteiger partial charge in [-0.2, -0.15) is 0 Å². The molecule has 0 unspecified atom stereocenters. The molecule has 6 nitrogen and oxygen atoms in total. The van der Waals surface area contributed by atoms with E-state index in [4.69, 9.17) is 5.11 Å². The van der Waals surface area contributed by atoms with Gasteiger partial charge in [0.2, 0.25) is 5.91 Å². The molecule has 6 heteroatoms. The zero-order chi connectivity index (χ0) is 17.0. The molecule has 1 fully saturated rings. The van der Waals surface area contributed by atoms with Gasteiger partial charge in [-0.05, 0) is 37.1 Å². The highest BCUT2D eigenvalue weighted by molar-refractivity contribution is 5.97. The van der Waals surface area contributed by atoms with Crippen LogP contribution < -0.4 is 4.90 Å². The molecule has 1 aliphatic rings. The number of carbonyl (C=O) groups is 3. The molecular formula is C17H22N2O4. The molecule has 0 bridgehead atoms. The number of anilines is 1. The number of carboxylic acids is 1. The van der Waals surface area contributed by atoms with E-state index in [0.717, 1.165) is 18.5 Å². The first-order valence-electron chi connectivity index (χ1n) is 7.79. The normalized spacial score (nSPS) is 16.1. The standard InChI is InChI=1S/C17H22N2O4/c1-12(17(22)23)11-18(2)16(21)13-6-8-14(9-7-13)19-10-4-3-5-15(19)20/h6-9,12H,3-5,10-11H2,1-2H3,(H,22,23)/t12-/m0/s1. The predicted molar refractivity (Wildman–Crippen MR) is 86.4 cm³/mol. The number of piperidine rings is 1. The largest absolute Gasteiger partial charge is 0.481 e. The SMILES string of the molecule is C[C@@H](CN(C)C(=O)c1ccc(N2CCCCC2=O)cc1)C(=O)O. The van der Waals surface area contributed by atoms with Crippen LogP contribution in [0.4, 0.5) is 5.69 Å². The van der Waals surface area contributed by atoms with Crippen molar-refractivity contribution in [2.75, 3.05) is 25.0 Å². The van der Waals surface area contributed by atoms with Crippen molar-refractivity contribution in [3.8, 4) is 0 Å². The Morgan fingerprint density at radius 2 is 1.91 bits per heavy atom. The molecule has 2 rings (SSSR count). The van der Waals surface area contributed by atoms with Crippen molar-refractivity contribution in [1.29, 1.82) is 0 Å². The minimum atomic E-state index is -0.927. The third-order valence-corrected chi connectivity index (χ3v) is 4.07. The summed E-state index contributed by atoms with van der Waals surface area (Å²) in [6.45, 7) is 2.43. The minimum Gasteiger partial charge on any atom is -0.481 e. The number of carbonyl (C=O) groups excluding carboxylic acids is 2. The summed E-state index contributed by atoms with van der Waals surface area (Å²) in [4.78, 5) is 38.2. The Morgan fingerprint density at radius 3 is 2.48 bits per heavy atom. The summed E-state index contributed by atoms with van der Waals surface area (Å²) < 4.78 is 0. The van der Waals surface area contributed by atoms with Crippen LogP contribution in [0.15, 0.2) is 24.3 Å². The quantitative estimate of drug-likeness (QED) is 0.900. The lowest BCUT2D eigenvalue weighted by Crippen LogP contribution is -2.35. The van der Waals surface area contributed by atoms with Crippen LogP contribution in [0.3, 0.4) is 0 Å². The van der Waals surface area contributed by atoms with Crippen molar-refractivity contribution in [2.24, 2.45) is 5.92 Å². The maximum absolute atomic E-state index is 12.3. The average molecular weight is 318 g/mol. The summed E-state index contributed by atoms with van der Waals surface area (Å²) in [6.07, 6.45) is 2.48. The number of amides is 2. The Balaban J connectivity index is 2.05. The fourth-order valence-electron chi connectivity index (χ4n) is 2.66. The second-order valence-corrected chi connectivity index (χ2v) is 5.97. The molecule has 1 atom stereocenters. The highest BCUT2D eigenvalue weighted by atomic mass is 16.4. The smallest absolute Gasteiger partial charge is 0.308 e. The first kappa shape index (κ1) is 17.0. The van der Waals surface area contributed by atoms with E-state index in [1.54, 1.807) is 43.1 Å². The Morgan fingerprint density at radius 1 is 1.26 bits per heavy atom. The Hall–Kier alpha value is -2.37. The van der Waals surface area contributed by atoms with E-state index >= 15 is 0 Å². The summed E-state index contributed by atoms with van der Waals surface area (Å²) in [5, 5.41) is 8.91. The van der Waals surface area contributed by atoms with E-state index in [1.807, 2.05) is 0 Å².